The normalized spacial score (nSPS) is 11.0. The largest absolute Gasteiger partial charge is 0.322 e. The molecule has 8 nitrogen and oxygen atoms in total. The molecule has 0 aliphatic carbocycles. The maximum absolute atomic E-state index is 12.5. The monoisotopic (exact) mass is 347 g/mol. The molecule has 0 bridgehead atoms. The summed E-state index contributed by atoms with van der Waals surface area (Å²) in [7, 11) is 0. The van der Waals surface area contributed by atoms with E-state index in [4.69, 9.17) is 0 Å². The van der Waals surface area contributed by atoms with Gasteiger partial charge in [0, 0.05) is 16.6 Å². The first-order valence-corrected chi connectivity index (χ1v) is 7.82. The van der Waals surface area contributed by atoms with Crippen LogP contribution < -0.4 is 16.3 Å². The van der Waals surface area contributed by atoms with Crippen LogP contribution in [0.3, 0.4) is 0 Å². The number of carbonyl (C=O) groups is 1. The molecular weight excluding hydrogens is 334 g/mol. The Bertz CT molecular complexity index is 1270. The third-order valence-electron chi connectivity index (χ3n) is 4.06. The van der Waals surface area contributed by atoms with Gasteiger partial charge in [0.25, 0.3) is 11.5 Å². The lowest BCUT2D eigenvalue weighted by Crippen LogP contribution is -2.12. The van der Waals surface area contributed by atoms with Gasteiger partial charge in [-0.15, -0.1) is 0 Å². The molecule has 128 valence electrons. The van der Waals surface area contributed by atoms with E-state index in [1.54, 1.807) is 18.2 Å². The van der Waals surface area contributed by atoms with Crippen molar-refractivity contribution in [3.05, 3.63) is 74.2 Å². The van der Waals surface area contributed by atoms with Gasteiger partial charge in [0.15, 0.2) is 11.0 Å². The number of aryl methyl sites for hydroxylation is 1. The summed E-state index contributed by atoms with van der Waals surface area (Å²) in [4.78, 5) is 39.7. The van der Waals surface area contributed by atoms with E-state index in [9.17, 15) is 14.4 Å². The fraction of sp³-hybridized carbons (Fsp3) is 0.0556. The van der Waals surface area contributed by atoms with Crippen LogP contribution in [0.15, 0.2) is 52.1 Å². The second kappa shape index (κ2) is 5.92. The summed E-state index contributed by atoms with van der Waals surface area (Å²) in [6.45, 7) is 1.94. The molecular formula is C18H13N5O3. The van der Waals surface area contributed by atoms with Gasteiger partial charge in [0.05, 0.1) is 5.52 Å². The van der Waals surface area contributed by atoms with Gasteiger partial charge < -0.3 is 10.3 Å². The lowest BCUT2D eigenvalue weighted by atomic mass is 10.1. The van der Waals surface area contributed by atoms with E-state index in [0.29, 0.717) is 16.8 Å². The number of carbonyl (C=O) groups excluding carboxylic acids is 1. The van der Waals surface area contributed by atoms with Crippen molar-refractivity contribution in [2.45, 2.75) is 6.92 Å². The molecule has 2 aromatic heterocycles. The minimum absolute atomic E-state index is 0.0299. The molecule has 0 spiro atoms. The zero-order valence-electron chi connectivity index (χ0n) is 13.7. The van der Waals surface area contributed by atoms with Crippen LogP contribution in [0.4, 0.5) is 5.69 Å². The summed E-state index contributed by atoms with van der Waals surface area (Å²) in [5, 5.41) is 12.8. The van der Waals surface area contributed by atoms with E-state index < -0.39 is 11.0 Å². The van der Waals surface area contributed by atoms with Gasteiger partial charge in [-0.1, -0.05) is 17.7 Å². The van der Waals surface area contributed by atoms with Crippen molar-refractivity contribution in [3.63, 3.8) is 0 Å². The molecule has 3 N–H and O–H groups in total. The molecule has 0 radical (unpaired) electrons. The van der Waals surface area contributed by atoms with Crippen molar-refractivity contribution in [1.82, 2.24) is 20.4 Å². The summed E-state index contributed by atoms with van der Waals surface area (Å²) in [5.41, 5.74) is 1.27. The molecule has 0 aliphatic rings. The molecule has 4 aromatic rings. The average Bonchev–Trinajstić information content (AvgIpc) is 3.08. The van der Waals surface area contributed by atoms with Crippen molar-refractivity contribution in [2.24, 2.45) is 0 Å². The van der Waals surface area contributed by atoms with E-state index in [1.165, 1.54) is 12.1 Å². The lowest BCUT2D eigenvalue weighted by Gasteiger charge is -2.06. The van der Waals surface area contributed by atoms with Crippen molar-refractivity contribution in [1.29, 1.82) is 0 Å². The Morgan fingerprint density at radius 2 is 1.73 bits per heavy atom. The summed E-state index contributed by atoms with van der Waals surface area (Å²) >= 11 is 0. The molecule has 2 aromatic carbocycles. The fourth-order valence-corrected chi connectivity index (χ4v) is 2.69. The van der Waals surface area contributed by atoms with Crippen LogP contribution in [0.5, 0.6) is 0 Å². The molecule has 0 saturated carbocycles. The summed E-state index contributed by atoms with van der Waals surface area (Å²) in [6.07, 6.45) is 0. The van der Waals surface area contributed by atoms with Crippen molar-refractivity contribution >= 4 is 33.5 Å². The predicted molar refractivity (Wildman–Crippen MR) is 97.4 cm³/mol. The number of nitrogens with one attached hydrogen (secondary N) is 3. The Kier molecular flexibility index (Phi) is 3.58. The molecule has 0 unspecified atom stereocenters. The Morgan fingerprint density at radius 3 is 2.50 bits per heavy atom. The first-order valence-electron chi connectivity index (χ1n) is 7.82. The average molecular weight is 347 g/mol. The number of hydrogen-bond acceptors (Lipinski definition) is 5. The highest BCUT2D eigenvalue weighted by molar-refractivity contribution is 6.05. The molecule has 2 heterocycles. The van der Waals surface area contributed by atoms with Crippen LogP contribution in [0.2, 0.25) is 0 Å². The van der Waals surface area contributed by atoms with Gasteiger partial charge in [-0.05, 0) is 37.3 Å². The number of anilines is 1. The first-order chi connectivity index (χ1) is 12.5. The minimum Gasteiger partial charge on any atom is -0.322 e. The molecule has 4 rings (SSSR count). The SMILES string of the molecule is Cc1ccc(C(=O)Nc2ccc3c(=O)c4n[nH]nc4c(=O)[nH]c3c2)cc1. The van der Waals surface area contributed by atoms with Gasteiger partial charge in [0.2, 0.25) is 5.43 Å². The second-order valence-electron chi connectivity index (χ2n) is 5.88. The summed E-state index contributed by atoms with van der Waals surface area (Å²) in [6, 6.07) is 11.8. The van der Waals surface area contributed by atoms with Crippen LogP contribution in [0, 0.1) is 6.92 Å². The Hall–Kier alpha value is -3.81. The number of rotatable bonds is 2. The van der Waals surface area contributed by atoms with Crippen LogP contribution in [0.1, 0.15) is 15.9 Å². The van der Waals surface area contributed by atoms with Crippen molar-refractivity contribution in [2.75, 3.05) is 5.32 Å². The summed E-state index contributed by atoms with van der Waals surface area (Å²) in [5.74, 6) is -0.286. The second-order valence-corrected chi connectivity index (χ2v) is 5.88. The maximum atomic E-state index is 12.5. The van der Waals surface area contributed by atoms with Gasteiger partial charge in [-0.3, -0.25) is 14.4 Å². The van der Waals surface area contributed by atoms with Crippen LogP contribution in [-0.2, 0) is 0 Å². The highest BCUT2D eigenvalue weighted by Crippen LogP contribution is 2.16. The molecule has 0 aliphatic heterocycles. The smallest absolute Gasteiger partial charge is 0.278 e. The predicted octanol–water partition coefficient (Wildman–Crippen LogP) is 1.72. The highest BCUT2D eigenvalue weighted by atomic mass is 16.1. The Balaban J connectivity index is 1.79. The minimum atomic E-state index is -0.539. The molecule has 0 atom stereocenters. The third-order valence-corrected chi connectivity index (χ3v) is 4.06. The number of hydrogen-bond donors (Lipinski definition) is 3. The van der Waals surface area contributed by atoms with Crippen molar-refractivity contribution in [3.8, 4) is 0 Å². The number of amides is 1. The number of nitrogens with zero attached hydrogens (tertiary/aromatic N) is 2. The molecule has 8 heteroatoms. The third kappa shape index (κ3) is 2.63. The zero-order chi connectivity index (χ0) is 18.3. The number of aromatic amines is 2. The molecule has 0 saturated heterocycles. The van der Waals surface area contributed by atoms with Gasteiger partial charge in [0.1, 0.15) is 0 Å². The van der Waals surface area contributed by atoms with Crippen molar-refractivity contribution < 1.29 is 4.79 Å². The number of benzene rings is 2. The fourth-order valence-electron chi connectivity index (χ4n) is 2.69. The first kappa shape index (κ1) is 15.7. The highest BCUT2D eigenvalue weighted by Gasteiger charge is 2.11. The molecule has 0 fully saturated rings. The maximum Gasteiger partial charge on any atom is 0.278 e. The summed E-state index contributed by atoms with van der Waals surface area (Å²) < 4.78 is 0. The van der Waals surface area contributed by atoms with Crippen LogP contribution in [-0.4, -0.2) is 26.3 Å². The molecule has 1 amide bonds. The van der Waals surface area contributed by atoms with E-state index in [0.717, 1.165) is 5.56 Å². The van der Waals surface area contributed by atoms with Gasteiger partial charge >= 0.3 is 0 Å². The van der Waals surface area contributed by atoms with Crippen LogP contribution in [0.25, 0.3) is 21.9 Å². The van der Waals surface area contributed by atoms with Gasteiger partial charge in [-0.25, -0.2) is 0 Å². The number of fused-ring (bicyclic) bond motifs is 2. The number of aromatic nitrogens is 4. The lowest BCUT2D eigenvalue weighted by molar-refractivity contribution is 0.102. The standard InChI is InChI=1S/C18H13N5O3/c1-9-2-4-10(5-3-9)17(25)19-11-6-7-12-13(8-11)20-18(26)15-14(16(12)24)21-23-22-15/h2-8H,1H3,(H,19,25)(H,20,26)(H,21,22,23). The quantitative estimate of drug-likeness (QED) is 0.510. The molecule has 26 heavy (non-hydrogen) atoms. The Labute approximate surface area is 145 Å². The number of H-pyrrole nitrogens is 2. The Morgan fingerprint density at radius 1 is 1.00 bits per heavy atom. The van der Waals surface area contributed by atoms with E-state index in [2.05, 4.69) is 25.7 Å². The topological polar surface area (TPSA) is 121 Å². The van der Waals surface area contributed by atoms with Gasteiger partial charge in [-0.2, -0.15) is 15.4 Å². The zero-order valence-corrected chi connectivity index (χ0v) is 13.7. The van der Waals surface area contributed by atoms with Crippen LogP contribution >= 0.6 is 0 Å². The van der Waals surface area contributed by atoms with E-state index in [1.807, 2.05) is 19.1 Å². The van der Waals surface area contributed by atoms with E-state index in [-0.39, 0.29) is 22.3 Å². The van der Waals surface area contributed by atoms with E-state index >= 15 is 0 Å².